The zero-order valence-corrected chi connectivity index (χ0v) is 11.5. The van der Waals surface area contributed by atoms with Crippen LogP contribution in [0.5, 0.6) is 0 Å². The van der Waals surface area contributed by atoms with Gasteiger partial charge < -0.3 is 0 Å². The lowest BCUT2D eigenvalue weighted by Gasteiger charge is -2.03. The van der Waals surface area contributed by atoms with E-state index in [1.165, 1.54) is 5.56 Å². The minimum Gasteiger partial charge on any atom is -0.246 e. The third-order valence-electron chi connectivity index (χ3n) is 1.97. The largest absolute Gasteiger partial charge is 0.246 e. The molecule has 0 amide bonds. The Morgan fingerprint density at radius 3 is 2.56 bits per heavy atom. The Labute approximate surface area is 108 Å². The minimum atomic E-state index is 0.849. The summed E-state index contributed by atoms with van der Waals surface area (Å²) in [6, 6.07) is 10.0. The summed E-state index contributed by atoms with van der Waals surface area (Å²) in [6.45, 7) is 4.08. The van der Waals surface area contributed by atoms with Gasteiger partial charge in [0.05, 0.1) is 0 Å². The molecule has 0 saturated heterocycles. The van der Waals surface area contributed by atoms with E-state index in [1.54, 1.807) is 11.8 Å². The van der Waals surface area contributed by atoms with Gasteiger partial charge in [0, 0.05) is 5.69 Å². The molecule has 0 unspecified atom stereocenters. The molecule has 0 radical (unpaired) electrons. The number of aromatic nitrogens is 2. The van der Waals surface area contributed by atoms with Crippen LogP contribution in [0.15, 0.2) is 45.0 Å². The highest BCUT2D eigenvalue weighted by molar-refractivity contribution is 9.10. The van der Waals surface area contributed by atoms with Gasteiger partial charge >= 0.3 is 0 Å². The van der Waals surface area contributed by atoms with E-state index in [0.29, 0.717) is 0 Å². The Morgan fingerprint density at radius 1 is 1.06 bits per heavy atom. The Morgan fingerprint density at radius 2 is 1.88 bits per heavy atom. The molecular weight excluding hydrogens is 284 g/mol. The van der Waals surface area contributed by atoms with Crippen molar-refractivity contribution in [2.24, 2.45) is 0 Å². The first-order valence-electron chi connectivity index (χ1n) is 4.89. The van der Waals surface area contributed by atoms with Crippen LogP contribution in [-0.2, 0) is 0 Å². The van der Waals surface area contributed by atoms with Crippen molar-refractivity contribution in [3.05, 3.63) is 46.2 Å². The molecule has 0 N–H and O–H groups in total. The van der Waals surface area contributed by atoms with E-state index in [0.717, 1.165) is 20.3 Å². The molecule has 0 aliphatic rings. The first-order chi connectivity index (χ1) is 7.63. The number of pyridine rings is 2. The lowest BCUT2D eigenvalue weighted by atomic mass is 10.3. The SMILES string of the molecule is Cc1cc(C)nc(Sc2cccc(Br)n2)c1. The van der Waals surface area contributed by atoms with Crippen LogP contribution >= 0.6 is 27.7 Å². The molecular formula is C12H11BrN2S. The number of rotatable bonds is 2. The third kappa shape index (κ3) is 3.06. The summed E-state index contributed by atoms with van der Waals surface area (Å²) in [7, 11) is 0. The number of hydrogen-bond acceptors (Lipinski definition) is 3. The zero-order chi connectivity index (χ0) is 11.5. The highest BCUT2D eigenvalue weighted by atomic mass is 79.9. The van der Waals surface area contributed by atoms with Gasteiger partial charge in [0.15, 0.2) is 0 Å². The fourth-order valence-electron chi connectivity index (χ4n) is 1.41. The number of nitrogens with zero attached hydrogens (tertiary/aromatic N) is 2. The monoisotopic (exact) mass is 294 g/mol. The second kappa shape index (κ2) is 4.97. The van der Waals surface area contributed by atoms with Gasteiger partial charge in [-0.1, -0.05) is 17.8 Å². The Kier molecular flexibility index (Phi) is 3.61. The van der Waals surface area contributed by atoms with Crippen molar-refractivity contribution in [3.8, 4) is 0 Å². The van der Waals surface area contributed by atoms with Crippen LogP contribution in [0.2, 0.25) is 0 Å². The van der Waals surface area contributed by atoms with Gasteiger partial charge in [-0.3, -0.25) is 0 Å². The zero-order valence-electron chi connectivity index (χ0n) is 9.07. The Bertz CT molecular complexity index is 494. The summed E-state index contributed by atoms with van der Waals surface area (Å²) < 4.78 is 0.849. The van der Waals surface area contributed by atoms with Gasteiger partial charge in [0.2, 0.25) is 0 Å². The quantitative estimate of drug-likeness (QED) is 0.783. The fraction of sp³-hybridized carbons (Fsp3) is 0.167. The predicted molar refractivity (Wildman–Crippen MR) is 69.8 cm³/mol. The second-order valence-electron chi connectivity index (χ2n) is 3.52. The van der Waals surface area contributed by atoms with Gasteiger partial charge in [0.1, 0.15) is 14.7 Å². The minimum absolute atomic E-state index is 0.849. The van der Waals surface area contributed by atoms with Gasteiger partial charge in [-0.2, -0.15) is 0 Å². The van der Waals surface area contributed by atoms with Gasteiger partial charge in [0.25, 0.3) is 0 Å². The van der Waals surface area contributed by atoms with E-state index < -0.39 is 0 Å². The average molecular weight is 295 g/mol. The van der Waals surface area contributed by atoms with Crippen LogP contribution in [0.4, 0.5) is 0 Å². The molecule has 0 saturated carbocycles. The van der Waals surface area contributed by atoms with Crippen LogP contribution in [0, 0.1) is 13.8 Å². The van der Waals surface area contributed by atoms with E-state index >= 15 is 0 Å². The van der Waals surface area contributed by atoms with E-state index in [4.69, 9.17) is 0 Å². The van der Waals surface area contributed by atoms with Crippen molar-refractivity contribution in [2.75, 3.05) is 0 Å². The molecule has 2 heterocycles. The molecule has 16 heavy (non-hydrogen) atoms. The van der Waals surface area contributed by atoms with Crippen LogP contribution in [0.3, 0.4) is 0 Å². The third-order valence-corrected chi connectivity index (χ3v) is 3.27. The van der Waals surface area contributed by atoms with Gasteiger partial charge in [-0.15, -0.1) is 0 Å². The lowest BCUT2D eigenvalue weighted by Crippen LogP contribution is -1.88. The summed E-state index contributed by atoms with van der Waals surface area (Å²) in [6.07, 6.45) is 0. The first-order valence-corrected chi connectivity index (χ1v) is 6.50. The van der Waals surface area contributed by atoms with E-state index in [-0.39, 0.29) is 0 Å². The molecule has 2 aromatic rings. The van der Waals surface area contributed by atoms with Crippen LogP contribution < -0.4 is 0 Å². The van der Waals surface area contributed by atoms with E-state index in [1.807, 2.05) is 25.1 Å². The van der Waals surface area contributed by atoms with Crippen molar-refractivity contribution in [1.82, 2.24) is 9.97 Å². The summed E-state index contributed by atoms with van der Waals surface area (Å²) in [5.41, 5.74) is 2.27. The van der Waals surface area contributed by atoms with Crippen LogP contribution in [0.25, 0.3) is 0 Å². The molecule has 2 nitrogen and oxygen atoms in total. The molecule has 2 rings (SSSR count). The Hall–Kier alpha value is -0.870. The van der Waals surface area contributed by atoms with E-state index in [9.17, 15) is 0 Å². The summed E-state index contributed by atoms with van der Waals surface area (Å²) >= 11 is 4.94. The molecule has 0 atom stereocenters. The van der Waals surface area contributed by atoms with Crippen LogP contribution in [0.1, 0.15) is 11.3 Å². The van der Waals surface area contributed by atoms with Crippen LogP contribution in [-0.4, -0.2) is 9.97 Å². The summed E-state index contributed by atoms with van der Waals surface area (Å²) in [4.78, 5) is 8.83. The smallest absolute Gasteiger partial charge is 0.107 e. The normalized spacial score (nSPS) is 10.4. The van der Waals surface area contributed by atoms with Crippen molar-refractivity contribution in [2.45, 2.75) is 23.9 Å². The second-order valence-corrected chi connectivity index (χ2v) is 5.38. The number of hydrogen-bond donors (Lipinski definition) is 0. The van der Waals surface area contributed by atoms with Crippen molar-refractivity contribution in [1.29, 1.82) is 0 Å². The van der Waals surface area contributed by atoms with E-state index in [2.05, 4.69) is 45.0 Å². The molecule has 82 valence electrons. The number of aryl methyl sites for hydroxylation is 2. The molecule has 0 bridgehead atoms. The molecule has 0 spiro atoms. The molecule has 0 aliphatic heterocycles. The highest BCUT2D eigenvalue weighted by Gasteiger charge is 2.02. The molecule has 0 aromatic carbocycles. The Balaban J connectivity index is 2.27. The standard InChI is InChI=1S/C12H11BrN2S/c1-8-6-9(2)14-12(7-8)16-11-5-3-4-10(13)15-11/h3-7H,1-2H3. The topological polar surface area (TPSA) is 25.8 Å². The highest BCUT2D eigenvalue weighted by Crippen LogP contribution is 2.26. The maximum Gasteiger partial charge on any atom is 0.107 e. The first kappa shape index (κ1) is 11.6. The summed E-state index contributed by atoms with van der Waals surface area (Å²) in [5, 5.41) is 1.94. The fourth-order valence-corrected chi connectivity index (χ4v) is 2.81. The van der Waals surface area contributed by atoms with Gasteiger partial charge in [-0.25, -0.2) is 9.97 Å². The van der Waals surface area contributed by atoms with Gasteiger partial charge in [-0.05, 0) is 59.6 Å². The average Bonchev–Trinajstić information content (AvgIpc) is 2.15. The molecule has 0 fully saturated rings. The van der Waals surface area contributed by atoms with Crippen molar-refractivity contribution in [3.63, 3.8) is 0 Å². The summed E-state index contributed by atoms with van der Waals surface area (Å²) in [5.74, 6) is 0. The maximum atomic E-state index is 4.47. The lowest BCUT2D eigenvalue weighted by molar-refractivity contribution is 1.03. The number of halogens is 1. The molecule has 0 aliphatic carbocycles. The maximum absolute atomic E-state index is 4.47. The van der Waals surface area contributed by atoms with Crippen molar-refractivity contribution < 1.29 is 0 Å². The van der Waals surface area contributed by atoms with Crippen molar-refractivity contribution >= 4 is 27.7 Å². The molecule has 2 aromatic heterocycles. The molecule has 4 heteroatoms. The predicted octanol–water partition coefficient (Wildman–Crippen LogP) is 4.01.